The third-order valence-electron chi connectivity index (χ3n) is 3.84. The van der Waals surface area contributed by atoms with Crippen molar-refractivity contribution in [2.45, 2.75) is 38.3 Å². The molecule has 0 aromatic rings. The van der Waals surface area contributed by atoms with E-state index in [9.17, 15) is 18.0 Å². The van der Waals surface area contributed by atoms with Crippen molar-refractivity contribution in [2.24, 2.45) is 0 Å². The summed E-state index contributed by atoms with van der Waals surface area (Å²) in [6.45, 7) is 2.84. The van der Waals surface area contributed by atoms with Gasteiger partial charge in [-0.1, -0.05) is 0 Å². The van der Waals surface area contributed by atoms with Gasteiger partial charge < -0.3 is 15.5 Å². The molecule has 2 rings (SSSR count). The third kappa shape index (κ3) is 4.09. The topological polar surface area (TPSA) is 95.6 Å². The van der Waals surface area contributed by atoms with Crippen LogP contribution in [0.3, 0.4) is 0 Å². The molecular formula is C12H21N3O4S. The van der Waals surface area contributed by atoms with Crippen LogP contribution in [-0.2, 0) is 14.6 Å². The van der Waals surface area contributed by atoms with Crippen LogP contribution in [0.25, 0.3) is 0 Å². The highest BCUT2D eigenvalue weighted by Gasteiger charge is 2.29. The lowest BCUT2D eigenvalue weighted by molar-refractivity contribution is -0.129. The molecule has 7 nitrogen and oxygen atoms in total. The first-order chi connectivity index (χ1) is 9.35. The predicted octanol–water partition coefficient (Wildman–Crippen LogP) is -0.516. The van der Waals surface area contributed by atoms with Crippen LogP contribution < -0.4 is 10.6 Å². The highest BCUT2D eigenvalue weighted by Crippen LogP contribution is 2.12. The van der Waals surface area contributed by atoms with Crippen molar-refractivity contribution in [1.82, 2.24) is 15.5 Å². The molecule has 114 valence electrons. The van der Waals surface area contributed by atoms with Crippen LogP contribution in [0.1, 0.15) is 26.2 Å². The van der Waals surface area contributed by atoms with Crippen LogP contribution in [-0.4, -0.2) is 61.9 Å². The minimum atomic E-state index is -2.98. The Balaban J connectivity index is 1.72. The number of carbonyl (C=O) groups is 2. The number of carbonyl (C=O) groups excluding carboxylic acids is 2. The van der Waals surface area contributed by atoms with E-state index < -0.39 is 9.84 Å². The maximum absolute atomic E-state index is 11.8. The fourth-order valence-corrected chi connectivity index (χ4v) is 4.33. The molecule has 2 fully saturated rings. The van der Waals surface area contributed by atoms with Gasteiger partial charge in [0.15, 0.2) is 9.84 Å². The van der Waals surface area contributed by atoms with Gasteiger partial charge in [0.1, 0.15) is 0 Å². The summed E-state index contributed by atoms with van der Waals surface area (Å²) in [6.07, 6.45) is 1.95. The molecular weight excluding hydrogens is 282 g/mol. The maximum Gasteiger partial charge on any atom is 0.315 e. The zero-order chi connectivity index (χ0) is 14.8. The second-order valence-electron chi connectivity index (χ2n) is 5.50. The number of hydrogen-bond acceptors (Lipinski definition) is 4. The summed E-state index contributed by atoms with van der Waals surface area (Å²) < 4.78 is 22.6. The van der Waals surface area contributed by atoms with Crippen LogP contribution in [0.5, 0.6) is 0 Å². The predicted molar refractivity (Wildman–Crippen MR) is 74.0 cm³/mol. The molecule has 2 aliphatic heterocycles. The number of nitrogens with one attached hydrogen (secondary N) is 2. The Morgan fingerprint density at radius 1 is 1.05 bits per heavy atom. The van der Waals surface area contributed by atoms with Gasteiger partial charge in [0, 0.05) is 32.1 Å². The van der Waals surface area contributed by atoms with Crippen molar-refractivity contribution < 1.29 is 18.0 Å². The van der Waals surface area contributed by atoms with Crippen molar-refractivity contribution in [3.8, 4) is 0 Å². The summed E-state index contributed by atoms with van der Waals surface area (Å²) >= 11 is 0. The smallest absolute Gasteiger partial charge is 0.315 e. The van der Waals surface area contributed by atoms with Gasteiger partial charge >= 0.3 is 6.03 Å². The molecule has 3 amide bonds. The molecule has 0 bridgehead atoms. The lowest BCUT2D eigenvalue weighted by Crippen LogP contribution is -2.50. The number of hydrogen-bond donors (Lipinski definition) is 2. The van der Waals surface area contributed by atoms with Crippen molar-refractivity contribution in [3.63, 3.8) is 0 Å². The van der Waals surface area contributed by atoms with Gasteiger partial charge in [-0.2, -0.15) is 0 Å². The molecule has 2 heterocycles. The average Bonchev–Trinajstić information content (AvgIpc) is 2.69. The number of sulfone groups is 1. The van der Waals surface area contributed by atoms with Crippen molar-refractivity contribution >= 4 is 21.8 Å². The molecule has 20 heavy (non-hydrogen) atoms. The Morgan fingerprint density at radius 2 is 1.65 bits per heavy atom. The normalized spacial score (nSPS) is 26.2. The molecule has 0 saturated carbocycles. The summed E-state index contributed by atoms with van der Waals surface area (Å²) in [7, 11) is -2.98. The molecule has 2 N–H and O–H groups in total. The van der Waals surface area contributed by atoms with Crippen LogP contribution in [0.4, 0.5) is 4.79 Å². The molecule has 2 aliphatic rings. The maximum atomic E-state index is 11.8. The second kappa shape index (κ2) is 5.99. The van der Waals surface area contributed by atoms with Crippen molar-refractivity contribution in [2.75, 3.05) is 24.6 Å². The first-order valence-corrected chi connectivity index (χ1v) is 8.71. The van der Waals surface area contributed by atoms with Gasteiger partial charge in [-0.15, -0.1) is 0 Å². The minimum absolute atomic E-state index is 0.0310. The number of nitrogens with zero attached hydrogens (tertiary/aromatic N) is 1. The molecule has 0 aliphatic carbocycles. The van der Waals surface area contributed by atoms with E-state index in [-0.39, 0.29) is 35.5 Å². The molecule has 0 aromatic carbocycles. The lowest BCUT2D eigenvalue weighted by atomic mass is 10.1. The van der Waals surface area contributed by atoms with Gasteiger partial charge in [0.2, 0.25) is 5.91 Å². The summed E-state index contributed by atoms with van der Waals surface area (Å²) in [6, 6.07) is -0.547. The van der Waals surface area contributed by atoms with E-state index >= 15 is 0 Å². The van der Waals surface area contributed by atoms with E-state index in [1.807, 2.05) is 0 Å². The molecule has 1 atom stereocenters. The molecule has 0 spiro atoms. The van der Waals surface area contributed by atoms with E-state index in [0.717, 1.165) is 12.8 Å². The van der Waals surface area contributed by atoms with Crippen LogP contribution in [0, 0.1) is 0 Å². The monoisotopic (exact) mass is 303 g/mol. The Kier molecular flexibility index (Phi) is 4.52. The second-order valence-corrected chi connectivity index (χ2v) is 7.73. The number of urea groups is 1. The summed E-state index contributed by atoms with van der Waals surface area (Å²) in [5.41, 5.74) is 0. The molecule has 0 aromatic heterocycles. The van der Waals surface area contributed by atoms with E-state index in [4.69, 9.17) is 0 Å². The van der Waals surface area contributed by atoms with Gasteiger partial charge in [-0.3, -0.25) is 4.79 Å². The summed E-state index contributed by atoms with van der Waals surface area (Å²) in [5, 5.41) is 5.56. The zero-order valence-electron chi connectivity index (χ0n) is 11.6. The SMILES string of the molecule is CC(=O)N1CCC(NC(=O)N[C@@H]2CCS(=O)(=O)C2)CC1. The van der Waals surface area contributed by atoms with E-state index in [2.05, 4.69) is 10.6 Å². The zero-order valence-corrected chi connectivity index (χ0v) is 12.4. The highest BCUT2D eigenvalue weighted by molar-refractivity contribution is 7.91. The lowest BCUT2D eigenvalue weighted by Gasteiger charge is -2.31. The first-order valence-electron chi connectivity index (χ1n) is 6.89. The van der Waals surface area contributed by atoms with Gasteiger partial charge in [0.05, 0.1) is 11.5 Å². The Hall–Kier alpha value is -1.31. The fraction of sp³-hybridized carbons (Fsp3) is 0.833. The molecule has 0 radical (unpaired) electrons. The van der Waals surface area contributed by atoms with Gasteiger partial charge in [0.25, 0.3) is 0 Å². The fourth-order valence-electron chi connectivity index (χ4n) is 2.66. The quantitative estimate of drug-likeness (QED) is 0.718. The van der Waals surface area contributed by atoms with E-state index in [1.165, 1.54) is 0 Å². The minimum Gasteiger partial charge on any atom is -0.343 e. The summed E-state index contributed by atoms with van der Waals surface area (Å²) in [5.74, 6) is 0.238. The Bertz CT molecular complexity index is 483. The number of piperidine rings is 1. The van der Waals surface area contributed by atoms with E-state index in [0.29, 0.717) is 19.5 Å². The molecule has 2 saturated heterocycles. The van der Waals surface area contributed by atoms with E-state index in [1.54, 1.807) is 11.8 Å². The third-order valence-corrected chi connectivity index (χ3v) is 5.61. The van der Waals surface area contributed by atoms with Crippen LogP contribution in [0.15, 0.2) is 0 Å². The van der Waals surface area contributed by atoms with Crippen molar-refractivity contribution in [3.05, 3.63) is 0 Å². The standard InChI is InChI=1S/C12H21N3O4S/c1-9(16)15-5-2-10(3-6-15)13-12(17)14-11-4-7-20(18,19)8-11/h10-11H,2-8H2,1H3,(H2,13,14,17)/t11-/m1/s1. The number of likely N-dealkylation sites (tertiary alicyclic amines) is 1. The Labute approximate surface area is 119 Å². The van der Waals surface area contributed by atoms with Gasteiger partial charge in [-0.05, 0) is 19.3 Å². The van der Waals surface area contributed by atoms with Crippen molar-refractivity contribution in [1.29, 1.82) is 0 Å². The molecule has 8 heteroatoms. The highest BCUT2D eigenvalue weighted by atomic mass is 32.2. The average molecular weight is 303 g/mol. The van der Waals surface area contributed by atoms with Gasteiger partial charge in [-0.25, -0.2) is 13.2 Å². The summed E-state index contributed by atoms with van der Waals surface area (Å²) in [4.78, 5) is 24.7. The number of amides is 3. The first kappa shape index (κ1) is 15.1. The van der Waals surface area contributed by atoms with Crippen LogP contribution >= 0.6 is 0 Å². The number of rotatable bonds is 2. The Morgan fingerprint density at radius 3 is 2.15 bits per heavy atom. The largest absolute Gasteiger partial charge is 0.343 e. The molecule has 0 unspecified atom stereocenters. The van der Waals surface area contributed by atoms with Crippen LogP contribution in [0.2, 0.25) is 0 Å².